The number of hydrogen-bond donors (Lipinski definition) is 1. The van der Waals surface area contributed by atoms with E-state index in [0.29, 0.717) is 21.9 Å². The third-order valence-corrected chi connectivity index (χ3v) is 4.72. The molecule has 28 heavy (non-hydrogen) atoms. The average Bonchev–Trinajstić information content (AvgIpc) is 2.61. The van der Waals surface area contributed by atoms with Crippen molar-refractivity contribution in [2.24, 2.45) is 0 Å². The number of nitrogens with zero attached hydrogens (tertiary/aromatic N) is 4. The summed E-state index contributed by atoms with van der Waals surface area (Å²) in [5, 5.41) is 13.7. The SMILES string of the molecule is CSc1nc(C)c2c(=O)n(-c3ccc(F)cc3)c(NC(C)(C)C)nc2c1C#N. The first kappa shape index (κ1) is 19.8. The van der Waals surface area contributed by atoms with E-state index in [0.717, 1.165) is 0 Å². The number of pyridine rings is 1. The molecule has 0 radical (unpaired) electrons. The van der Waals surface area contributed by atoms with Crippen LogP contribution >= 0.6 is 11.8 Å². The van der Waals surface area contributed by atoms with E-state index in [-0.39, 0.29) is 22.5 Å². The van der Waals surface area contributed by atoms with Crippen molar-refractivity contribution in [3.05, 3.63) is 51.7 Å². The minimum atomic E-state index is -0.398. The molecule has 2 aromatic heterocycles. The molecule has 0 saturated carbocycles. The highest BCUT2D eigenvalue weighted by Gasteiger charge is 2.22. The van der Waals surface area contributed by atoms with E-state index >= 15 is 0 Å². The normalized spacial score (nSPS) is 11.5. The van der Waals surface area contributed by atoms with Gasteiger partial charge in [0.05, 0.1) is 16.8 Å². The van der Waals surface area contributed by atoms with Crippen LogP contribution in [0.1, 0.15) is 32.0 Å². The zero-order valence-corrected chi connectivity index (χ0v) is 17.1. The molecule has 1 aromatic carbocycles. The van der Waals surface area contributed by atoms with Gasteiger partial charge in [-0.2, -0.15) is 5.26 Å². The van der Waals surface area contributed by atoms with Gasteiger partial charge in [0.15, 0.2) is 0 Å². The second kappa shape index (κ2) is 7.24. The van der Waals surface area contributed by atoms with Crippen LogP contribution in [0.25, 0.3) is 16.6 Å². The summed E-state index contributed by atoms with van der Waals surface area (Å²) in [5.74, 6) is -0.115. The number of aryl methyl sites for hydroxylation is 1. The molecule has 0 saturated heterocycles. The maximum Gasteiger partial charge on any atom is 0.269 e. The fourth-order valence-electron chi connectivity index (χ4n) is 2.89. The van der Waals surface area contributed by atoms with Crippen molar-refractivity contribution in [1.29, 1.82) is 5.26 Å². The largest absolute Gasteiger partial charge is 0.351 e. The van der Waals surface area contributed by atoms with E-state index in [2.05, 4.69) is 21.4 Å². The molecule has 2 heterocycles. The molecule has 0 aliphatic rings. The van der Waals surface area contributed by atoms with Crippen LogP contribution in [0.4, 0.5) is 10.3 Å². The number of aromatic nitrogens is 3. The number of halogens is 1. The number of anilines is 1. The van der Waals surface area contributed by atoms with Crippen molar-refractivity contribution in [2.75, 3.05) is 11.6 Å². The van der Waals surface area contributed by atoms with Crippen LogP contribution in [0.5, 0.6) is 0 Å². The fourth-order valence-corrected chi connectivity index (χ4v) is 3.47. The van der Waals surface area contributed by atoms with Gasteiger partial charge in [0, 0.05) is 5.54 Å². The van der Waals surface area contributed by atoms with Crippen LogP contribution in [0.3, 0.4) is 0 Å². The Labute approximate surface area is 166 Å². The van der Waals surface area contributed by atoms with Crippen molar-refractivity contribution in [1.82, 2.24) is 14.5 Å². The Morgan fingerprint density at radius 2 is 1.86 bits per heavy atom. The van der Waals surface area contributed by atoms with Crippen molar-refractivity contribution in [2.45, 2.75) is 38.3 Å². The number of fused-ring (bicyclic) bond motifs is 1. The predicted octanol–water partition coefficient (Wildman–Crippen LogP) is 4.03. The van der Waals surface area contributed by atoms with E-state index in [9.17, 15) is 14.4 Å². The van der Waals surface area contributed by atoms with E-state index in [1.54, 1.807) is 6.92 Å². The zero-order chi connectivity index (χ0) is 20.6. The lowest BCUT2D eigenvalue weighted by molar-refractivity contribution is 0.619. The lowest BCUT2D eigenvalue weighted by Gasteiger charge is -2.24. The molecule has 3 rings (SSSR count). The van der Waals surface area contributed by atoms with Gasteiger partial charge in [-0.15, -0.1) is 11.8 Å². The smallest absolute Gasteiger partial charge is 0.269 e. The molecule has 1 N–H and O–H groups in total. The van der Waals surface area contributed by atoms with Crippen molar-refractivity contribution >= 4 is 28.6 Å². The first-order chi connectivity index (χ1) is 13.2. The van der Waals surface area contributed by atoms with Gasteiger partial charge in [-0.25, -0.2) is 18.9 Å². The first-order valence-electron chi connectivity index (χ1n) is 8.62. The molecular formula is C20H20FN5OS. The van der Waals surface area contributed by atoms with Crippen LogP contribution < -0.4 is 10.9 Å². The summed E-state index contributed by atoms with van der Waals surface area (Å²) >= 11 is 1.33. The van der Waals surface area contributed by atoms with Crippen LogP contribution in [-0.4, -0.2) is 26.3 Å². The molecule has 0 bridgehead atoms. The number of rotatable bonds is 3. The minimum absolute atomic E-state index is 0.272. The topological polar surface area (TPSA) is 83.6 Å². The third kappa shape index (κ3) is 3.58. The van der Waals surface area contributed by atoms with Gasteiger partial charge in [0.1, 0.15) is 28.0 Å². The van der Waals surface area contributed by atoms with E-state index in [4.69, 9.17) is 0 Å². The number of thioether (sulfide) groups is 1. The first-order valence-corrected chi connectivity index (χ1v) is 9.84. The van der Waals surface area contributed by atoms with E-state index in [1.807, 2.05) is 27.0 Å². The van der Waals surface area contributed by atoms with Crippen LogP contribution in [0.15, 0.2) is 34.1 Å². The average molecular weight is 397 g/mol. The summed E-state index contributed by atoms with van der Waals surface area (Å²) in [5.41, 5.74) is 0.792. The number of nitrogens with one attached hydrogen (secondary N) is 1. The van der Waals surface area contributed by atoms with Gasteiger partial charge < -0.3 is 5.32 Å². The number of hydrogen-bond acceptors (Lipinski definition) is 6. The highest BCUT2D eigenvalue weighted by atomic mass is 32.2. The van der Waals surface area contributed by atoms with E-state index in [1.165, 1.54) is 40.6 Å². The van der Waals surface area contributed by atoms with Crippen molar-refractivity contribution in [3.8, 4) is 11.8 Å². The molecule has 0 fully saturated rings. The van der Waals surface area contributed by atoms with Crippen molar-refractivity contribution < 1.29 is 4.39 Å². The van der Waals surface area contributed by atoms with Gasteiger partial charge in [-0.3, -0.25) is 4.79 Å². The molecule has 0 amide bonds. The Balaban J connectivity index is 2.48. The second-order valence-electron chi connectivity index (χ2n) is 7.34. The summed E-state index contributed by atoms with van der Waals surface area (Å²) in [4.78, 5) is 22.5. The Kier molecular flexibility index (Phi) is 5.13. The van der Waals surface area contributed by atoms with Crippen LogP contribution in [0, 0.1) is 24.1 Å². The lowest BCUT2D eigenvalue weighted by Crippen LogP contribution is -2.33. The molecule has 6 nitrogen and oxygen atoms in total. The van der Waals surface area contributed by atoms with Crippen molar-refractivity contribution in [3.63, 3.8) is 0 Å². The predicted molar refractivity (Wildman–Crippen MR) is 110 cm³/mol. The Morgan fingerprint density at radius 1 is 1.21 bits per heavy atom. The summed E-state index contributed by atoms with van der Waals surface area (Å²) in [6, 6.07) is 7.74. The number of nitriles is 1. The van der Waals surface area contributed by atoms with Crippen LogP contribution in [0.2, 0.25) is 0 Å². The van der Waals surface area contributed by atoms with Gasteiger partial charge in [0.2, 0.25) is 5.95 Å². The maximum atomic E-state index is 13.4. The standard InChI is InChI=1S/C20H20FN5OS/c1-11-15-16(14(10-22)17(23-11)28-5)24-19(25-20(2,3)4)26(18(15)27)13-8-6-12(21)7-9-13/h6-9H,1-5H3,(H,24,25). The summed E-state index contributed by atoms with van der Waals surface area (Å²) in [6.07, 6.45) is 1.82. The van der Waals surface area contributed by atoms with E-state index < -0.39 is 11.4 Å². The van der Waals surface area contributed by atoms with Gasteiger partial charge in [-0.05, 0) is 58.2 Å². The lowest BCUT2D eigenvalue weighted by atomic mass is 10.1. The molecule has 3 aromatic rings. The molecule has 0 atom stereocenters. The quantitative estimate of drug-likeness (QED) is 0.672. The zero-order valence-electron chi connectivity index (χ0n) is 16.3. The number of benzene rings is 1. The Bertz CT molecular complexity index is 1160. The molecule has 0 spiro atoms. The molecular weight excluding hydrogens is 377 g/mol. The van der Waals surface area contributed by atoms with Gasteiger partial charge in [-0.1, -0.05) is 0 Å². The molecule has 0 unspecified atom stereocenters. The summed E-state index contributed by atoms with van der Waals surface area (Å²) in [6.45, 7) is 7.54. The van der Waals surface area contributed by atoms with Crippen LogP contribution in [-0.2, 0) is 0 Å². The monoisotopic (exact) mass is 397 g/mol. The summed E-state index contributed by atoms with van der Waals surface area (Å²) < 4.78 is 14.8. The molecule has 144 valence electrons. The molecule has 0 aliphatic carbocycles. The third-order valence-electron chi connectivity index (χ3n) is 4.04. The minimum Gasteiger partial charge on any atom is -0.351 e. The maximum absolute atomic E-state index is 13.4. The Morgan fingerprint density at radius 3 is 2.39 bits per heavy atom. The second-order valence-corrected chi connectivity index (χ2v) is 8.14. The fraction of sp³-hybridized carbons (Fsp3) is 0.300. The highest BCUT2D eigenvalue weighted by Crippen LogP contribution is 2.27. The highest BCUT2D eigenvalue weighted by molar-refractivity contribution is 7.98. The van der Waals surface area contributed by atoms with Gasteiger partial charge in [0.25, 0.3) is 5.56 Å². The molecule has 8 heteroatoms. The van der Waals surface area contributed by atoms with Gasteiger partial charge >= 0.3 is 0 Å². The molecule has 0 aliphatic heterocycles. The summed E-state index contributed by atoms with van der Waals surface area (Å²) in [7, 11) is 0. The Hall–Kier alpha value is -2.92.